The quantitative estimate of drug-likeness (QED) is 0.390. The molecular formula is C19H18Br2F2O3. The molecule has 0 heterocycles. The summed E-state index contributed by atoms with van der Waals surface area (Å²) in [6.07, 6.45) is -0.935. The highest BCUT2D eigenvalue weighted by atomic mass is 79.9. The SMILES string of the molecule is CC(C)Oc1ccc(Oc2ccc(OCC=C(Br)Br)c(C(F)F)c2)cc1. The molecule has 0 N–H and O–H groups in total. The first-order chi connectivity index (χ1) is 12.3. The van der Waals surface area contributed by atoms with Gasteiger partial charge in [-0.25, -0.2) is 8.78 Å². The van der Waals surface area contributed by atoms with Gasteiger partial charge >= 0.3 is 0 Å². The van der Waals surface area contributed by atoms with E-state index in [1.165, 1.54) is 12.1 Å². The zero-order chi connectivity index (χ0) is 19.1. The van der Waals surface area contributed by atoms with Crippen molar-refractivity contribution in [1.29, 1.82) is 0 Å². The second kappa shape index (κ2) is 9.92. The smallest absolute Gasteiger partial charge is 0.267 e. The van der Waals surface area contributed by atoms with Gasteiger partial charge in [-0.2, -0.15) is 0 Å². The summed E-state index contributed by atoms with van der Waals surface area (Å²) >= 11 is 6.37. The van der Waals surface area contributed by atoms with E-state index in [9.17, 15) is 8.78 Å². The number of rotatable bonds is 8. The second-order valence-corrected chi connectivity index (χ2v) is 8.32. The number of alkyl halides is 2. The van der Waals surface area contributed by atoms with Crippen molar-refractivity contribution in [3.8, 4) is 23.0 Å². The van der Waals surface area contributed by atoms with Crippen LogP contribution >= 0.6 is 31.9 Å². The Labute approximate surface area is 168 Å². The number of halogens is 4. The average molecular weight is 492 g/mol. The van der Waals surface area contributed by atoms with E-state index in [2.05, 4.69) is 31.9 Å². The Morgan fingerprint density at radius 1 is 1.00 bits per heavy atom. The molecule has 26 heavy (non-hydrogen) atoms. The van der Waals surface area contributed by atoms with E-state index in [0.29, 0.717) is 14.9 Å². The van der Waals surface area contributed by atoms with Gasteiger partial charge in [0.2, 0.25) is 0 Å². The molecule has 0 bridgehead atoms. The highest BCUT2D eigenvalue weighted by Crippen LogP contribution is 2.34. The fraction of sp³-hybridized carbons (Fsp3) is 0.263. The van der Waals surface area contributed by atoms with Gasteiger partial charge in [-0.05, 0) is 94.2 Å². The first kappa shape index (κ1) is 20.7. The Balaban J connectivity index is 2.12. The van der Waals surface area contributed by atoms with Crippen molar-refractivity contribution in [2.75, 3.05) is 6.61 Å². The first-order valence-corrected chi connectivity index (χ1v) is 9.44. The minimum Gasteiger partial charge on any atom is -0.491 e. The summed E-state index contributed by atoms with van der Waals surface area (Å²) < 4.78 is 43.9. The van der Waals surface area contributed by atoms with Gasteiger partial charge in [0.05, 0.1) is 15.1 Å². The summed E-state index contributed by atoms with van der Waals surface area (Å²) in [5.74, 6) is 1.67. The standard InChI is InChI=1S/C19H18Br2F2O3/c1-12(2)25-13-3-5-14(6-4-13)26-15-7-8-17(16(11-15)19(22)23)24-10-9-18(20)21/h3-9,11-12,19H,10H2,1-2H3. The predicted octanol–water partition coefficient (Wildman–Crippen LogP) is 7.21. The molecule has 0 aliphatic carbocycles. The number of hydrogen-bond acceptors (Lipinski definition) is 3. The van der Waals surface area contributed by atoms with Gasteiger partial charge in [0.1, 0.15) is 29.6 Å². The maximum atomic E-state index is 13.3. The lowest BCUT2D eigenvalue weighted by Gasteiger charge is -2.13. The van der Waals surface area contributed by atoms with Gasteiger partial charge in [0.15, 0.2) is 0 Å². The molecule has 0 fully saturated rings. The molecule has 0 aliphatic rings. The molecule has 0 atom stereocenters. The molecular weight excluding hydrogens is 474 g/mol. The Kier molecular flexibility index (Phi) is 7.90. The highest BCUT2D eigenvalue weighted by molar-refractivity contribution is 9.28. The van der Waals surface area contributed by atoms with Crippen LogP contribution in [0.1, 0.15) is 25.8 Å². The number of ether oxygens (including phenoxy) is 3. The molecule has 0 aliphatic heterocycles. The maximum Gasteiger partial charge on any atom is 0.267 e. The van der Waals surface area contributed by atoms with Crippen LogP contribution in [0.4, 0.5) is 8.78 Å². The first-order valence-electron chi connectivity index (χ1n) is 7.85. The molecule has 2 aromatic carbocycles. The van der Waals surface area contributed by atoms with Crippen LogP contribution in [0, 0.1) is 0 Å². The lowest BCUT2D eigenvalue weighted by atomic mass is 10.2. The third-order valence-corrected chi connectivity index (χ3v) is 3.77. The second-order valence-electron chi connectivity index (χ2n) is 5.55. The van der Waals surface area contributed by atoms with Gasteiger partial charge in [0.25, 0.3) is 6.43 Å². The Hall–Kier alpha value is -1.60. The van der Waals surface area contributed by atoms with Crippen LogP contribution in [0.25, 0.3) is 0 Å². The highest BCUT2D eigenvalue weighted by Gasteiger charge is 2.16. The van der Waals surface area contributed by atoms with E-state index in [-0.39, 0.29) is 24.0 Å². The fourth-order valence-electron chi connectivity index (χ4n) is 2.08. The summed E-state index contributed by atoms with van der Waals surface area (Å²) in [5.41, 5.74) is -0.221. The topological polar surface area (TPSA) is 27.7 Å². The molecule has 140 valence electrons. The predicted molar refractivity (Wildman–Crippen MR) is 105 cm³/mol. The molecule has 7 heteroatoms. The lowest BCUT2D eigenvalue weighted by Crippen LogP contribution is -2.05. The van der Waals surface area contributed by atoms with Crippen LogP contribution in [0.5, 0.6) is 23.0 Å². The average Bonchev–Trinajstić information content (AvgIpc) is 2.57. The van der Waals surface area contributed by atoms with Crippen LogP contribution in [-0.2, 0) is 0 Å². The van der Waals surface area contributed by atoms with E-state index in [0.717, 1.165) is 5.75 Å². The third-order valence-electron chi connectivity index (χ3n) is 3.12. The van der Waals surface area contributed by atoms with E-state index in [1.54, 1.807) is 36.4 Å². The van der Waals surface area contributed by atoms with Crippen molar-refractivity contribution in [3.05, 3.63) is 57.5 Å². The van der Waals surface area contributed by atoms with Crippen LogP contribution < -0.4 is 14.2 Å². The van der Waals surface area contributed by atoms with Crippen molar-refractivity contribution >= 4 is 31.9 Å². The summed E-state index contributed by atoms with van der Waals surface area (Å²) in [5, 5.41) is 0. The minimum absolute atomic E-state index is 0.0722. The van der Waals surface area contributed by atoms with E-state index < -0.39 is 6.43 Å². The van der Waals surface area contributed by atoms with Gasteiger partial charge in [-0.1, -0.05) is 0 Å². The normalized spacial score (nSPS) is 10.8. The Bertz CT molecular complexity index is 743. The minimum atomic E-state index is -2.67. The fourth-order valence-corrected chi connectivity index (χ4v) is 2.35. The zero-order valence-corrected chi connectivity index (χ0v) is 17.4. The summed E-state index contributed by atoms with van der Waals surface area (Å²) in [6, 6.07) is 11.3. The molecule has 0 amide bonds. The van der Waals surface area contributed by atoms with Gasteiger partial charge in [0, 0.05) is 0 Å². The third kappa shape index (κ3) is 6.61. The molecule has 0 aromatic heterocycles. The molecule has 0 saturated heterocycles. The van der Waals surface area contributed by atoms with Crippen molar-refractivity contribution < 1.29 is 23.0 Å². The van der Waals surface area contributed by atoms with Gasteiger partial charge in [-0.15, -0.1) is 0 Å². The maximum absolute atomic E-state index is 13.3. The molecule has 0 spiro atoms. The monoisotopic (exact) mass is 490 g/mol. The van der Waals surface area contributed by atoms with Crippen LogP contribution in [0.15, 0.2) is 51.9 Å². The number of benzene rings is 2. The molecule has 2 rings (SSSR count). The van der Waals surface area contributed by atoms with Crippen LogP contribution in [-0.4, -0.2) is 12.7 Å². The zero-order valence-electron chi connectivity index (χ0n) is 14.2. The van der Waals surface area contributed by atoms with E-state index in [1.807, 2.05) is 13.8 Å². The number of hydrogen-bond donors (Lipinski definition) is 0. The Morgan fingerprint density at radius 2 is 1.62 bits per heavy atom. The summed E-state index contributed by atoms with van der Waals surface area (Å²) in [7, 11) is 0. The van der Waals surface area contributed by atoms with Crippen molar-refractivity contribution in [2.45, 2.75) is 26.4 Å². The Morgan fingerprint density at radius 3 is 2.19 bits per heavy atom. The van der Waals surface area contributed by atoms with Crippen molar-refractivity contribution in [2.24, 2.45) is 0 Å². The largest absolute Gasteiger partial charge is 0.491 e. The van der Waals surface area contributed by atoms with Crippen LogP contribution in [0.2, 0.25) is 0 Å². The van der Waals surface area contributed by atoms with E-state index >= 15 is 0 Å². The van der Waals surface area contributed by atoms with Crippen molar-refractivity contribution in [3.63, 3.8) is 0 Å². The van der Waals surface area contributed by atoms with Gasteiger partial charge in [-0.3, -0.25) is 0 Å². The molecule has 0 saturated carbocycles. The van der Waals surface area contributed by atoms with E-state index in [4.69, 9.17) is 14.2 Å². The molecule has 0 radical (unpaired) electrons. The molecule has 0 unspecified atom stereocenters. The summed E-state index contributed by atoms with van der Waals surface area (Å²) in [6.45, 7) is 4.03. The molecule has 3 nitrogen and oxygen atoms in total. The molecule has 2 aromatic rings. The van der Waals surface area contributed by atoms with Gasteiger partial charge < -0.3 is 14.2 Å². The van der Waals surface area contributed by atoms with Crippen LogP contribution in [0.3, 0.4) is 0 Å². The van der Waals surface area contributed by atoms with Crippen molar-refractivity contribution in [1.82, 2.24) is 0 Å². The lowest BCUT2D eigenvalue weighted by molar-refractivity contribution is 0.146. The summed E-state index contributed by atoms with van der Waals surface area (Å²) in [4.78, 5) is 0.